The van der Waals surface area contributed by atoms with E-state index < -0.39 is 0 Å². The van der Waals surface area contributed by atoms with Crippen LogP contribution < -0.4 is 25.4 Å². The number of carbonyl (C=O) groups excluding carboxylic acids is 2. The molecule has 1 heterocycles. The van der Waals surface area contributed by atoms with Crippen molar-refractivity contribution in [2.24, 2.45) is 0 Å². The Morgan fingerprint density at radius 2 is 1.82 bits per heavy atom. The number of hydrogen-bond acceptors (Lipinski definition) is 4. The Kier molecular flexibility index (Phi) is 7.65. The van der Waals surface area contributed by atoms with Crippen LogP contribution in [0.15, 0.2) is 12.1 Å². The molecule has 3 rings (SSSR count). The van der Waals surface area contributed by atoms with E-state index in [-0.39, 0.29) is 24.4 Å². The second-order valence-corrected chi connectivity index (χ2v) is 7.59. The molecule has 1 aromatic carbocycles. The van der Waals surface area contributed by atoms with Crippen LogP contribution in [0.3, 0.4) is 0 Å². The molecule has 2 aliphatic rings. The lowest BCUT2D eigenvalue weighted by molar-refractivity contribution is -0.120. The highest BCUT2D eigenvalue weighted by Crippen LogP contribution is 2.38. The first-order valence-electron chi connectivity index (χ1n) is 10.0. The maximum absolute atomic E-state index is 12.0. The van der Waals surface area contributed by atoms with Crippen LogP contribution in [-0.4, -0.2) is 44.3 Å². The molecule has 1 aliphatic carbocycles. The molecule has 0 unspecified atom stereocenters. The highest BCUT2D eigenvalue weighted by Gasteiger charge is 2.17. The number of urea groups is 1. The highest BCUT2D eigenvalue weighted by atomic mass is 35.5. The Morgan fingerprint density at radius 1 is 1.04 bits per heavy atom. The minimum absolute atomic E-state index is 0.0957. The zero-order chi connectivity index (χ0) is 19.8. The van der Waals surface area contributed by atoms with Crippen LogP contribution in [0.2, 0.25) is 5.02 Å². The standard InChI is InChI=1S/C20H28ClN3O4/c21-16-12-14(13-17-19(16)28-11-10-27-17)6-8-22-18(25)7-9-23-20(26)24-15-4-2-1-3-5-15/h12-13,15H,1-11H2,(H,22,25)(H2,23,24,26). The normalized spacial score (nSPS) is 16.3. The van der Waals surface area contributed by atoms with Gasteiger partial charge in [-0.25, -0.2) is 4.79 Å². The van der Waals surface area contributed by atoms with Crippen molar-refractivity contribution in [3.63, 3.8) is 0 Å². The zero-order valence-corrected chi connectivity index (χ0v) is 16.8. The van der Waals surface area contributed by atoms with Crippen LogP contribution in [-0.2, 0) is 11.2 Å². The Hall–Kier alpha value is -2.15. The molecule has 1 saturated carbocycles. The quantitative estimate of drug-likeness (QED) is 0.646. The van der Waals surface area contributed by atoms with E-state index in [2.05, 4.69) is 16.0 Å². The third kappa shape index (κ3) is 6.19. The van der Waals surface area contributed by atoms with Crippen LogP contribution in [0.5, 0.6) is 11.5 Å². The van der Waals surface area contributed by atoms with Gasteiger partial charge in [0.25, 0.3) is 0 Å². The Balaban J connectivity index is 1.31. The van der Waals surface area contributed by atoms with E-state index in [0.29, 0.717) is 49.2 Å². The maximum atomic E-state index is 12.0. The second kappa shape index (κ2) is 10.4. The summed E-state index contributed by atoms with van der Waals surface area (Å²) in [4.78, 5) is 23.8. The van der Waals surface area contributed by atoms with Crippen molar-refractivity contribution < 1.29 is 19.1 Å². The third-order valence-electron chi connectivity index (χ3n) is 4.97. The van der Waals surface area contributed by atoms with Gasteiger partial charge in [-0.1, -0.05) is 30.9 Å². The van der Waals surface area contributed by atoms with Gasteiger partial charge in [-0.3, -0.25) is 4.79 Å². The lowest BCUT2D eigenvalue weighted by Crippen LogP contribution is -2.43. The lowest BCUT2D eigenvalue weighted by atomic mass is 9.96. The van der Waals surface area contributed by atoms with Gasteiger partial charge < -0.3 is 25.4 Å². The summed E-state index contributed by atoms with van der Waals surface area (Å²) in [6.07, 6.45) is 6.55. The summed E-state index contributed by atoms with van der Waals surface area (Å²) in [5.74, 6) is 1.13. The average molecular weight is 410 g/mol. The van der Waals surface area contributed by atoms with Crippen molar-refractivity contribution in [2.75, 3.05) is 26.3 Å². The van der Waals surface area contributed by atoms with Gasteiger partial charge in [-0.05, 0) is 37.0 Å². The van der Waals surface area contributed by atoms with E-state index in [1.807, 2.05) is 12.1 Å². The summed E-state index contributed by atoms with van der Waals surface area (Å²) in [6, 6.07) is 3.80. The first-order chi connectivity index (χ1) is 13.6. The van der Waals surface area contributed by atoms with Crippen molar-refractivity contribution in [3.05, 3.63) is 22.7 Å². The number of hydrogen-bond donors (Lipinski definition) is 3. The van der Waals surface area contributed by atoms with Crippen LogP contribution in [0, 0.1) is 0 Å². The number of amides is 3. The number of fused-ring (bicyclic) bond motifs is 1. The molecule has 3 amide bonds. The maximum Gasteiger partial charge on any atom is 0.315 e. The molecular formula is C20H28ClN3O4. The molecule has 3 N–H and O–H groups in total. The number of rotatable bonds is 7. The highest BCUT2D eigenvalue weighted by molar-refractivity contribution is 6.32. The van der Waals surface area contributed by atoms with E-state index in [1.54, 1.807) is 0 Å². The Morgan fingerprint density at radius 3 is 2.64 bits per heavy atom. The van der Waals surface area contributed by atoms with Crippen LogP contribution >= 0.6 is 11.6 Å². The second-order valence-electron chi connectivity index (χ2n) is 7.19. The molecule has 1 aromatic rings. The largest absolute Gasteiger partial charge is 0.486 e. The molecule has 0 saturated heterocycles. The molecule has 1 fully saturated rings. The summed E-state index contributed by atoms with van der Waals surface area (Å²) in [6.45, 7) is 1.81. The summed E-state index contributed by atoms with van der Waals surface area (Å²) in [7, 11) is 0. The molecule has 28 heavy (non-hydrogen) atoms. The van der Waals surface area contributed by atoms with Crippen LogP contribution in [0.4, 0.5) is 4.79 Å². The topological polar surface area (TPSA) is 88.7 Å². The van der Waals surface area contributed by atoms with Gasteiger partial charge in [0, 0.05) is 25.6 Å². The molecule has 1 aliphatic heterocycles. The molecular weight excluding hydrogens is 382 g/mol. The number of ether oxygens (including phenoxy) is 2. The molecule has 0 aromatic heterocycles. The number of halogens is 1. The summed E-state index contributed by atoms with van der Waals surface area (Å²) in [5, 5.41) is 9.10. The van der Waals surface area contributed by atoms with Crippen LogP contribution in [0.1, 0.15) is 44.1 Å². The third-order valence-corrected chi connectivity index (χ3v) is 5.25. The van der Waals surface area contributed by atoms with Crippen molar-refractivity contribution in [2.45, 2.75) is 51.0 Å². The summed E-state index contributed by atoms with van der Waals surface area (Å²) < 4.78 is 11.1. The molecule has 8 heteroatoms. The predicted molar refractivity (Wildman–Crippen MR) is 107 cm³/mol. The Bertz CT molecular complexity index is 692. The lowest BCUT2D eigenvalue weighted by Gasteiger charge is -2.22. The molecule has 0 radical (unpaired) electrons. The van der Waals surface area contributed by atoms with E-state index >= 15 is 0 Å². The van der Waals surface area contributed by atoms with Gasteiger partial charge in [-0.2, -0.15) is 0 Å². The van der Waals surface area contributed by atoms with E-state index in [0.717, 1.165) is 18.4 Å². The minimum atomic E-state index is -0.189. The number of benzene rings is 1. The monoisotopic (exact) mass is 409 g/mol. The van der Waals surface area contributed by atoms with Crippen LogP contribution in [0.25, 0.3) is 0 Å². The van der Waals surface area contributed by atoms with Gasteiger partial charge in [0.1, 0.15) is 13.2 Å². The summed E-state index contributed by atoms with van der Waals surface area (Å²) in [5.41, 5.74) is 0.972. The van der Waals surface area contributed by atoms with Gasteiger partial charge in [0.2, 0.25) is 5.91 Å². The van der Waals surface area contributed by atoms with Gasteiger partial charge >= 0.3 is 6.03 Å². The molecule has 0 spiro atoms. The molecule has 0 bridgehead atoms. The van der Waals surface area contributed by atoms with Gasteiger partial charge in [0.15, 0.2) is 11.5 Å². The summed E-state index contributed by atoms with van der Waals surface area (Å²) >= 11 is 6.22. The smallest absolute Gasteiger partial charge is 0.315 e. The predicted octanol–water partition coefficient (Wildman–Crippen LogP) is 2.79. The fourth-order valence-corrected chi connectivity index (χ4v) is 3.80. The van der Waals surface area contributed by atoms with Crippen molar-refractivity contribution >= 4 is 23.5 Å². The zero-order valence-electron chi connectivity index (χ0n) is 16.0. The average Bonchev–Trinajstić information content (AvgIpc) is 2.69. The first kappa shape index (κ1) is 20.6. The molecule has 7 nitrogen and oxygen atoms in total. The molecule has 154 valence electrons. The Labute approximate surface area is 170 Å². The minimum Gasteiger partial charge on any atom is -0.486 e. The fraction of sp³-hybridized carbons (Fsp3) is 0.600. The number of nitrogens with one attached hydrogen (secondary N) is 3. The van der Waals surface area contributed by atoms with E-state index in [1.165, 1.54) is 19.3 Å². The molecule has 0 atom stereocenters. The van der Waals surface area contributed by atoms with Gasteiger partial charge in [0.05, 0.1) is 5.02 Å². The van der Waals surface area contributed by atoms with Crippen molar-refractivity contribution in [3.8, 4) is 11.5 Å². The SMILES string of the molecule is O=C(CCNC(=O)NC1CCCCC1)NCCc1cc(Cl)c2c(c1)OCCO2. The van der Waals surface area contributed by atoms with Crippen molar-refractivity contribution in [1.82, 2.24) is 16.0 Å². The van der Waals surface area contributed by atoms with Gasteiger partial charge in [-0.15, -0.1) is 0 Å². The first-order valence-corrected chi connectivity index (χ1v) is 10.4. The fourth-order valence-electron chi connectivity index (χ4n) is 3.52. The van der Waals surface area contributed by atoms with E-state index in [9.17, 15) is 9.59 Å². The number of carbonyl (C=O) groups is 2. The van der Waals surface area contributed by atoms with E-state index in [4.69, 9.17) is 21.1 Å². The van der Waals surface area contributed by atoms with Crippen molar-refractivity contribution in [1.29, 1.82) is 0 Å².